The van der Waals surface area contributed by atoms with E-state index in [-0.39, 0.29) is 0 Å². The van der Waals surface area contributed by atoms with Crippen LogP contribution in [0.4, 0.5) is 5.82 Å². The number of benzene rings is 1. The number of ether oxygens (including phenoxy) is 3. The summed E-state index contributed by atoms with van der Waals surface area (Å²) in [4.78, 5) is 7.30. The Bertz CT molecular complexity index is 1080. The maximum Gasteiger partial charge on any atom is 0.134 e. The minimum absolute atomic E-state index is 0.296. The SMILES string of the molecule is COCc1[nH]c2c(C#N)cnc(N)c2c1C#Cc1cc(OC)cc(OC)c1. The lowest BCUT2D eigenvalue weighted by Gasteiger charge is -2.04. The molecule has 2 heterocycles. The number of aromatic nitrogens is 2. The van der Waals surface area contributed by atoms with Crippen LogP contribution < -0.4 is 15.2 Å². The largest absolute Gasteiger partial charge is 0.497 e. The molecular formula is C20H18N4O3. The summed E-state index contributed by atoms with van der Waals surface area (Å²) in [5.41, 5.74) is 9.15. The van der Waals surface area contributed by atoms with Crippen molar-refractivity contribution in [3.05, 3.63) is 46.8 Å². The summed E-state index contributed by atoms with van der Waals surface area (Å²) in [6, 6.07) is 7.50. The molecule has 0 radical (unpaired) electrons. The van der Waals surface area contributed by atoms with Crippen LogP contribution in [0.25, 0.3) is 10.9 Å². The Morgan fingerprint density at radius 2 is 1.81 bits per heavy atom. The third kappa shape index (κ3) is 3.50. The van der Waals surface area contributed by atoms with E-state index in [1.54, 1.807) is 27.4 Å². The topological polar surface area (TPSA) is 106 Å². The van der Waals surface area contributed by atoms with E-state index < -0.39 is 0 Å². The van der Waals surface area contributed by atoms with Gasteiger partial charge in [-0.1, -0.05) is 11.8 Å². The predicted octanol–water partition coefficient (Wildman–Crippen LogP) is 2.58. The van der Waals surface area contributed by atoms with E-state index in [0.717, 1.165) is 5.69 Å². The van der Waals surface area contributed by atoms with Gasteiger partial charge in [0.2, 0.25) is 0 Å². The molecule has 0 saturated carbocycles. The highest BCUT2D eigenvalue weighted by molar-refractivity contribution is 5.98. The number of hydrogen-bond donors (Lipinski definition) is 2. The third-order valence-electron chi connectivity index (χ3n) is 4.03. The van der Waals surface area contributed by atoms with Crippen LogP contribution in [-0.4, -0.2) is 31.3 Å². The van der Waals surface area contributed by atoms with Crippen molar-refractivity contribution in [3.63, 3.8) is 0 Å². The van der Waals surface area contributed by atoms with Gasteiger partial charge in [-0.25, -0.2) is 4.98 Å². The molecule has 0 unspecified atom stereocenters. The molecule has 0 aliphatic rings. The van der Waals surface area contributed by atoms with Crippen molar-refractivity contribution in [3.8, 4) is 29.4 Å². The second-order valence-electron chi connectivity index (χ2n) is 5.68. The van der Waals surface area contributed by atoms with Crippen LogP contribution in [0.15, 0.2) is 24.4 Å². The summed E-state index contributed by atoms with van der Waals surface area (Å²) < 4.78 is 15.8. The smallest absolute Gasteiger partial charge is 0.134 e. The van der Waals surface area contributed by atoms with Gasteiger partial charge >= 0.3 is 0 Å². The van der Waals surface area contributed by atoms with Crippen LogP contribution in [-0.2, 0) is 11.3 Å². The number of hydrogen-bond acceptors (Lipinski definition) is 6. The number of aromatic amines is 1. The van der Waals surface area contributed by atoms with Gasteiger partial charge in [0, 0.05) is 24.9 Å². The monoisotopic (exact) mass is 362 g/mol. The second-order valence-corrected chi connectivity index (χ2v) is 5.68. The Kier molecular flexibility index (Phi) is 5.16. The van der Waals surface area contributed by atoms with E-state index in [1.807, 2.05) is 12.1 Å². The highest BCUT2D eigenvalue weighted by Gasteiger charge is 2.16. The number of H-pyrrole nitrogens is 1. The molecule has 3 rings (SSSR count). The summed E-state index contributed by atoms with van der Waals surface area (Å²) in [6.07, 6.45) is 1.44. The molecule has 7 nitrogen and oxygen atoms in total. The lowest BCUT2D eigenvalue weighted by Crippen LogP contribution is -1.94. The number of methoxy groups -OCH3 is 3. The number of nitrogens with zero attached hydrogens (tertiary/aromatic N) is 2. The highest BCUT2D eigenvalue weighted by Crippen LogP contribution is 2.29. The number of fused-ring (bicyclic) bond motifs is 1. The number of pyridine rings is 1. The Morgan fingerprint density at radius 3 is 2.41 bits per heavy atom. The van der Waals surface area contributed by atoms with Crippen molar-refractivity contribution in [1.82, 2.24) is 9.97 Å². The summed E-state index contributed by atoms with van der Waals surface area (Å²) in [5.74, 6) is 7.81. The molecule has 3 N–H and O–H groups in total. The zero-order valence-electron chi connectivity index (χ0n) is 15.2. The van der Waals surface area contributed by atoms with E-state index in [0.29, 0.717) is 51.5 Å². The van der Waals surface area contributed by atoms with Crippen molar-refractivity contribution in [2.75, 3.05) is 27.1 Å². The van der Waals surface area contributed by atoms with Gasteiger partial charge in [0.15, 0.2) is 0 Å². The van der Waals surface area contributed by atoms with Gasteiger partial charge in [-0.3, -0.25) is 0 Å². The Labute approximate surface area is 156 Å². The fourth-order valence-corrected chi connectivity index (χ4v) is 2.76. The zero-order valence-corrected chi connectivity index (χ0v) is 15.2. The normalized spacial score (nSPS) is 10.1. The highest BCUT2D eigenvalue weighted by atomic mass is 16.5. The van der Waals surface area contributed by atoms with E-state index in [2.05, 4.69) is 27.9 Å². The first-order valence-corrected chi connectivity index (χ1v) is 8.04. The van der Waals surface area contributed by atoms with Crippen molar-refractivity contribution >= 4 is 16.7 Å². The first-order valence-electron chi connectivity index (χ1n) is 8.04. The molecule has 0 aliphatic heterocycles. The van der Waals surface area contributed by atoms with Gasteiger partial charge in [-0.2, -0.15) is 5.26 Å². The molecule has 0 spiro atoms. The van der Waals surface area contributed by atoms with Gasteiger partial charge in [0.25, 0.3) is 0 Å². The average molecular weight is 362 g/mol. The molecule has 27 heavy (non-hydrogen) atoms. The number of anilines is 1. The van der Waals surface area contributed by atoms with Gasteiger partial charge in [0.05, 0.1) is 48.6 Å². The molecule has 136 valence electrons. The number of nitrogens with one attached hydrogen (secondary N) is 1. The number of nitriles is 1. The fourth-order valence-electron chi connectivity index (χ4n) is 2.76. The average Bonchev–Trinajstić information content (AvgIpc) is 3.05. The van der Waals surface area contributed by atoms with Gasteiger partial charge in [-0.05, 0) is 12.1 Å². The van der Waals surface area contributed by atoms with Crippen LogP contribution in [0.5, 0.6) is 11.5 Å². The minimum atomic E-state index is 0.296. The third-order valence-corrected chi connectivity index (χ3v) is 4.03. The second kappa shape index (κ2) is 7.69. The maximum absolute atomic E-state index is 9.33. The van der Waals surface area contributed by atoms with Crippen LogP contribution in [0.2, 0.25) is 0 Å². The standard InChI is InChI=1S/C20H18N4O3/c1-25-11-17-16(18-19(24-17)13(9-21)10-23-20(18)22)5-4-12-6-14(26-2)8-15(7-12)27-3/h6-8,10,24H,11H2,1-3H3,(H2,22,23). The molecular weight excluding hydrogens is 344 g/mol. The molecule has 0 atom stereocenters. The first kappa shape index (κ1) is 18.1. The van der Waals surface area contributed by atoms with Crippen molar-refractivity contribution in [1.29, 1.82) is 5.26 Å². The van der Waals surface area contributed by atoms with Crippen molar-refractivity contribution < 1.29 is 14.2 Å². The van der Waals surface area contributed by atoms with Crippen LogP contribution >= 0.6 is 0 Å². The Hall–Kier alpha value is -3.68. The molecule has 0 fully saturated rings. The summed E-state index contributed by atoms with van der Waals surface area (Å²) in [6.45, 7) is 0.296. The molecule has 0 saturated heterocycles. The Morgan fingerprint density at radius 1 is 1.11 bits per heavy atom. The van der Waals surface area contributed by atoms with E-state index in [1.165, 1.54) is 6.20 Å². The van der Waals surface area contributed by atoms with Crippen molar-refractivity contribution in [2.45, 2.75) is 6.61 Å². The minimum Gasteiger partial charge on any atom is -0.497 e. The molecule has 0 amide bonds. The van der Waals surface area contributed by atoms with Crippen LogP contribution in [0, 0.1) is 23.2 Å². The van der Waals surface area contributed by atoms with Gasteiger partial charge in [-0.15, -0.1) is 0 Å². The summed E-state index contributed by atoms with van der Waals surface area (Å²) in [7, 11) is 4.75. The Balaban J connectivity index is 2.20. The van der Waals surface area contributed by atoms with E-state index >= 15 is 0 Å². The van der Waals surface area contributed by atoms with E-state index in [9.17, 15) is 5.26 Å². The zero-order chi connectivity index (χ0) is 19.4. The molecule has 1 aromatic carbocycles. The molecule has 2 aromatic heterocycles. The maximum atomic E-state index is 9.33. The fraction of sp³-hybridized carbons (Fsp3) is 0.200. The molecule has 3 aromatic rings. The van der Waals surface area contributed by atoms with Gasteiger partial charge in [0.1, 0.15) is 23.4 Å². The number of nitrogens with two attached hydrogens (primary N) is 1. The predicted molar refractivity (Wildman–Crippen MR) is 101 cm³/mol. The van der Waals surface area contributed by atoms with Crippen LogP contribution in [0.3, 0.4) is 0 Å². The summed E-state index contributed by atoms with van der Waals surface area (Å²) in [5, 5.41) is 9.95. The lowest BCUT2D eigenvalue weighted by atomic mass is 10.1. The molecule has 7 heteroatoms. The lowest BCUT2D eigenvalue weighted by molar-refractivity contribution is 0.182. The number of rotatable bonds is 4. The molecule has 0 aliphatic carbocycles. The quantitative estimate of drug-likeness (QED) is 0.691. The van der Waals surface area contributed by atoms with Crippen molar-refractivity contribution in [2.24, 2.45) is 0 Å². The van der Waals surface area contributed by atoms with Crippen LogP contribution in [0.1, 0.15) is 22.4 Å². The van der Waals surface area contributed by atoms with E-state index in [4.69, 9.17) is 19.9 Å². The number of nitrogen functional groups attached to an aromatic ring is 1. The molecule has 0 bridgehead atoms. The van der Waals surface area contributed by atoms with Gasteiger partial charge < -0.3 is 24.9 Å². The first-order chi connectivity index (χ1) is 13.1. The summed E-state index contributed by atoms with van der Waals surface area (Å²) >= 11 is 0.